The van der Waals surface area contributed by atoms with Crippen molar-refractivity contribution in [1.29, 1.82) is 0 Å². The first-order valence-corrected chi connectivity index (χ1v) is 8.63. The maximum absolute atomic E-state index is 12.9. The number of benzene rings is 1. The van der Waals surface area contributed by atoms with Crippen LogP contribution in [-0.2, 0) is 14.9 Å². The number of hydrogen-bond acceptors (Lipinski definition) is 3. The number of aryl methyl sites for hydroxylation is 1. The van der Waals surface area contributed by atoms with E-state index in [1.165, 1.54) is 5.56 Å². The third-order valence-corrected chi connectivity index (χ3v) is 4.74. The molecule has 2 rings (SSSR count). The lowest BCUT2D eigenvalue weighted by molar-refractivity contribution is -0.139. The van der Waals surface area contributed by atoms with Crippen LogP contribution in [0.5, 0.6) is 0 Å². The van der Waals surface area contributed by atoms with Crippen LogP contribution in [0.4, 0.5) is 0 Å². The van der Waals surface area contributed by atoms with Crippen LogP contribution < -0.4 is 5.73 Å². The number of hydrogen-bond donors (Lipinski definition) is 1. The van der Waals surface area contributed by atoms with E-state index < -0.39 is 5.41 Å². The van der Waals surface area contributed by atoms with Gasteiger partial charge in [0.1, 0.15) is 0 Å². The molecule has 1 aromatic carbocycles. The van der Waals surface area contributed by atoms with Crippen molar-refractivity contribution in [3.05, 3.63) is 35.4 Å². The van der Waals surface area contributed by atoms with Crippen LogP contribution in [0, 0.1) is 6.92 Å². The summed E-state index contributed by atoms with van der Waals surface area (Å²) in [4.78, 5) is 14.9. The van der Waals surface area contributed by atoms with E-state index in [1.54, 1.807) is 0 Å². The maximum atomic E-state index is 12.9. The molecule has 0 bridgehead atoms. The molecule has 0 radical (unpaired) electrons. The number of likely N-dealkylation sites (tertiary alicyclic amines) is 1. The molecule has 23 heavy (non-hydrogen) atoms. The molecule has 0 aromatic heterocycles. The monoisotopic (exact) mass is 318 g/mol. The van der Waals surface area contributed by atoms with Crippen LogP contribution in [0.3, 0.4) is 0 Å². The third-order valence-electron chi connectivity index (χ3n) is 4.74. The minimum absolute atomic E-state index is 0.210. The van der Waals surface area contributed by atoms with Crippen LogP contribution in [0.15, 0.2) is 24.3 Å². The number of nitrogens with two attached hydrogens (primary N) is 1. The van der Waals surface area contributed by atoms with E-state index in [0.29, 0.717) is 6.54 Å². The Labute approximate surface area is 140 Å². The van der Waals surface area contributed by atoms with Gasteiger partial charge >= 0.3 is 0 Å². The highest BCUT2D eigenvalue weighted by Gasteiger charge is 2.35. The predicted octanol–water partition coefficient (Wildman–Crippen LogP) is 2.63. The number of piperidine rings is 1. The largest absolute Gasteiger partial charge is 0.378 e. The van der Waals surface area contributed by atoms with Gasteiger partial charge in [-0.1, -0.05) is 29.8 Å². The van der Waals surface area contributed by atoms with Crippen LogP contribution >= 0.6 is 0 Å². The Morgan fingerprint density at radius 2 is 1.87 bits per heavy atom. The van der Waals surface area contributed by atoms with E-state index in [0.717, 1.165) is 44.5 Å². The molecular formula is C19H30N2O2. The van der Waals surface area contributed by atoms with E-state index in [2.05, 4.69) is 31.2 Å². The minimum atomic E-state index is -0.485. The molecule has 1 fully saturated rings. The second-order valence-corrected chi connectivity index (χ2v) is 7.00. The van der Waals surface area contributed by atoms with Crippen molar-refractivity contribution in [2.75, 3.05) is 26.2 Å². The quantitative estimate of drug-likeness (QED) is 0.820. The Bertz CT molecular complexity index is 503. The molecule has 0 spiro atoms. The summed E-state index contributed by atoms with van der Waals surface area (Å²) in [6, 6.07) is 8.27. The molecule has 4 heteroatoms. The summed E-state index contributed by atoms with van der Waals surface area (Å²) in [5.41, 5.74) is 7.29. The summed E-state index contributed by atoms with van der Waals surface area (Å²) in [6.45, 7) is 9.05. The molecule has 1 saturated heterocycles. The first-order chi connectivity index (χ1) is 10.9. The van der Waals surface area contributed by atoms with E-state index >= 15 is 0 Å². The molecular weight excluding hydrogens is 288 g/mol. The Morgan fingerprint density at radius 1 is 1.26 bits per heavy atom. The van der Waals surface area contributed by atoms with Crippen molar-refractivity contribution in [2.24, 2.45) is 5.73 Å². The SMILES string of the molecule is Cc1ccc(C(C)(C)C(=O)N2CCC(OCCCN)CC2)cc1. The first-order valence-electron chi connectivity index (χ1n) is 8.63. The van der Waals surface area contributed by atoms with Gasteiger partial charge in [0, 0.05) is 19.7 Å². The number of nitrogens with zero attached hydrogens (tertiary/aromatic N) is 1. The fourth-order valence-electron chi connectivity index (χ4n) is 3.05. The Morgan fingerprint density at radius 3 is 2.43 bits per heavy atom. The summed E-state index contributed by atoms with van der Waals surface area (Å²) in [5, 5.41) is 0. The molecule has 1 aliphatic heterocycles. The van der Waals surface area contributed by atoms with Gasteiger partial charge in [0.15, 0.2) is 0 Å². The van der Waals surface area contributed by atoms with E-state index in [1.807, 2.05) is 18.7 Å². The lowest BCUT2D eigenvalue weighted by Gasteiger charge is -2.37. The molecule has 1 aromatic rings. The molecule has 0 atom stereocenters. The first kappa shape index (κ1) is 18.0. The standard InChI is InChI=1S/C19H30N2O2/c1-15-5-7-16(8-6-15)19(2,3)18(22)21-12-9-17(10-13-21)23-14-4-11-20/h5-8,17H,4,9-14,20H2,1-3H3. The van der Waals surface area contributed by atoms with Crippen LogP contribution in [0.1, 0.15) is 44.2 Å². The summed E-state index contributed by atoms with van der Waals surface area (Å²) in [5.74, 6) is 0.210. The maximum Gasteiger partial charge on any atom is 0.232 e. The smallest absolute Gasteiger partial charge is 0.232 e. The molecule has 2 N–H and O–H groups in total. The van der Waals surface area contributed by atoms with E-state index in [-0.39, 0.29) is 12.0 Å². The summed E-state index contributed by atoms with van der Waals surface area (Å²) in [6.07, 6.45) is 3.01. The molecule has 1 amide bonds. The average Bonchev–Trinajstić information content (AvgIpc) is 2.55. The van der Waals surface area contributed by atoms with E-state index in [9.17, 15) is 4.79 Å². The number of rotatable bonds is 6. The zero-order valence-electron chi connectivity index (χ0n) is 14.7. The molecule has 0 aliphatic carbocycles. The van der Waals surface area contributed by atoms with Gasteiger partial charge in [0.2, 0.25) is 5.91 Å². The van der Waals surface area contributed by atoms with Crippen molar-refractivity contribution < 1.29 is 9.53 Å². The molecule has 1 heterocycles. The molecule has 0 saturated carbocycles. The number of ether oxygens (including phenoxy) is 1. The highest BCUT2D eigenvalue weighted by atomic mass is 16.5. The zero-order valence-corrected chi connectivity index (χ0v) is 14.7. The molecule has 4 nitrogen and oxygen atoms in total. The van der Waals surface area contributed by atoms with Crippen LogP contribution in [0.2, 0.25) is 0 Å². The third kappa shape index (κ3) is 4.55. The van der Waals surface area contributed by atoms with Crippen molar-refractivity contribution in [1.82, 2.24) is 4.90 Å². The number of amides is 1. The highest BCUT2D eigenvalue weighted by Crippen LogP contribution is 2.28. The van der Waals surface area contributed by atoms with Gasteiger partial charge in [-0.3, -0.25) is 4.79 Å². The van der Waals surface area contributed by atoms with Crippen LogP contribution in [-0.4, -0.2) is 43.2 Å². The minimum Gasteiger partial charge on any atom is -0.378 e. The second kappa shape index (κ2) is 7.93. The van der Waals surface area contributed by atoms with Gasteiger partial charge in [-0.25, -0.2) is 0 Å². The Kier molecular flexibility index (Phi) is 6.19. The topological polar surface area (TPSA) is 55.6 Å². The highest BCUT2D eigenvalue weighted by molar-refractivity contribution is 5.87. The predicted molar refractivity (Wildman–Crippen MR) is 93.4 cm³/mol. The van der Waals surface area contributed by atoms with Gasteiger partial charge < -0.3 is 15.4 Å². The second-order valence-electron chi connectivity index (χ2n) is 7.00. The summed E-state index contributed by atoms with van der Waals surface area (Å²) >= 11 is 0. The fourth-order valence-corrected chi connectivity index (χ4v) is 3.05. The fraction of sp³-hybridized carbons (Fsp3) is 0.632. The van der Waals surface area contributed by atoms with Gasteiger partial charge in [-0.05, 0) is 52.1 Å². The Balaban J connectivity index is 1.92. The number of carbonyl (C=O) groups excluding carboxylic acids is 1. The van der Waals surface area contributed by atoms with Crippen molar-refractivity contribution in [2.45, 2.75) is 51.6 Å². The van der Waals surface area contributed by atoms with Gasteiger partial charge in [-0.15, -0.1) is 0 Å². The zero-order chi connectivity index (χ0) is 16.9. The van der Waals surface area contributed by atoms with E-state index in [4.69, 9.17) is 10.5 Å². The summed E-state index contributed by atoms with van der Waals surface area (Å²) in [7, 11) is 0. The molecule has 1 aliphatic rings. The lowest BCUT2D eigenvalue weighted by Crippen LogP contribution is -2.48. The van der Waals surface area contributed by atoms with Gasteiger partial charge in [0.25, 0.3) is 0 Å². The molecule has 128 valence electrons. The van der Waals surface area contributed by atoms with Crippen LogP contribution in [0.25, 0.3) is 0 Å². The summed E-state index contributed by atoms with van der Waals surface area (Å²) < 4.78 is 5.82. The number of carbonyl (C=O) groups is 1. The van der Waals surface area contributed by atoms with Crippen molar-refractivity contribution in [3.8, 4) is 0 Å². The lowest BCUT2D eigenvalue weighted by atomic mass is 9.82. The average molecular weight is 318 g/mol. The molecule has 0 unspecified atom stereocenters. The Hall–Kier alpha value is -1.39. The van der Waals surface area contributed by atoms with Gasteiger partial charge in [-0.2, -0.15) is 0 Å². The van der Waals surface area contributed by atoms with Crippen molar-refractivity contribution >= 4 is 5.91 Å². The normalized spacial score (nSPS) is 16.6. The van der Waals surface area contributed by atoms with Crippen molar-refractivity contribution in [3.63, 3.8) is 0 Å². The van der Waals surface area contributed by atoms with Gasteiger partial charge in [0.05, 0.1) is 11.5 Å².